The van der Waals surface area contributed by atoms with Crippen LogP contribution in [-0.4, -0.2) is 142 Å². The zero-order chi connectivity index (χ0) is 39.9. The van der Waals surface area contributed by atoms with E-state index in [9.17, 15) is 4.79 Å². The standard InChI is InChI=1S/C40H59ClN6O9.ClH/c41-37-39(43)46-38(42)36(45-37)40(50)44-33-6-3-17-47(30-33,15-1-4-31-7-11-34(12-8-31)55-28-26-53-24-22-51-20-18-48)16-2-5-32-9-13-35(14-10-32)56-29-27-54-25-23-52-21-19-49;/h7-14,33,48-49H,1-6,15-30H2,(H4-,42,43,44,46,50);1H. The van der Waals surface area contributed by atoms with Crippen LogP contribution < -0.4 is 38.7 Å². The predicted molar refractivity (Wildman–Crippen MR) is 214 cm³/mol. The predicted octanol–water partition coefficient (Wildman–Crippen LogP) is 0.0816. The van der Waals surface area contributed by atoms with E-state index in [1.54, 1.807) is 0 Å². The van der Waals surface area contributed by atoms with Gasteiger partial charge in [-0.1, -0.05) is 35.9 Å². The van der Waals surface area contributed by atoms with Gasteiger partial charge in [0.2, 0.25) is 0 Å². The number of carbonyl (C=O) groups is 1. The molecule has 7 N–H and O–H groups in total. The van der Waals surface area contributed by atoms with Gasteiger partial charge in [-0.05, 0) is 61.1 Å². The SMILES string of the molecule is Nc1nc(N)c(C(=O)NC2CCC[N+](CCCc3ccc(OCCOCCOCCO)cc3)(CCCc3ccc(OCCOCCOCCO)cc3)C2)nc1Cl.[Cl-]. The minimum atomic E-state index is -0.399. The van der Waals surface area contributed by atoms with Crippen molar-refractivity contribution in [1.82, 2.24) is 15.3 Å². The summed E-state index contributed by atoms with van der Waals surface area (Å²) < 4.78 is 33.9. The molecule has 1 aliphatic rings. The molecule has 1 unspecified atom stereocenters. The topological polar surface area (TPSA) is 203 Å². The van der Waals surface area contributed by atoms with Gasteiger partial charge in [0.1, 0.15) is 24.7 Å². The highest BCUT2D eigenvalue weighted by atomic mass is 35.5. The van der Waals surface area contributed by atoms with Crippen LogP contribution in [0.4, 0.5) is 11.6 Å². The highest BCUT2D eigenvalue weighted by molar-refractivity contribution is 6.31. The summed E-state index contributed by atoms with van der Waals surface area (Å²) in [6.45, 7) is 8.04. The number of nitrogens with one attached hydrogen (secondary N) is 1. The molecule has 1 fully saturated rings. The van der Waals surface area contributed by atoms with Gasteiger partial charge in [-0.15, -0.1) is 0 Å². The third-order valence-electron chi connectivity index (χ3n) is 9.50. The first-order chi connectivity index (χ1) is 27.3. The number of hydrogen-bond acceptors (Lipinski definition) is 13. The van der Waals surface area contributed by atoms with E-state index in [1.807, 2.05) is 24.3 Å². The molecule has 1 amide bonds. The second-order valence-corrected chi connectivity index (χ2v) is 14.1. The number of hydrogen-bond donors (Lipinski definition) is 5. The van der Waals surface area contributed by atoms with Crippen molar-refractivity contribution in [2.24, 2.45) is 0 Å². The Bertz CT molecular complexity index is 1490. The van der Waals surface area contributed by atoms with Gasteiger partial charge in [0.25, 0.3) is 5.91 Å². The number of nitrogens with zero attached hydrogens (tertiary/aromatic N) is 3. The molecule has 318 valence electrons. The summed E-state index contributed by atoms with van der Waals surface area (Å²) >= 11 is 6.07. The van der Waals surface area contributed by atoms with Gasteiger partial charge in [0.05, 0.1) is 98.3 Å². The Morgan fingerprint density at radius 1 is 0.719 bits per heavy atom. The smallest absolute Gasteiger partial charge is 0.274 e. The van der Waals surface area contributed by atoms with Crippen molar-refractivity contribution >= 4 is 29.1 Å². The van der Waals surface area contributed by atoms with Crippen molar-refractivity contribution in [1.29, 1.82) is 0 Å². The lowest BCUT2D eigenvalue weighted by Crippen LogP contribution is -3.00. The van der Waals surface area contributed by atoms with Crippen LogP contribution in [0.15, 0.2) is 48.5 Å². The molecule has 0 aliphatic carbocycles. The Morgan fingerprint density at radius 3 is 1.68 bits per heavy atom. The Labute approximate surface area is 347 Å². The lowest BCUT2D eigenvalue weighted by atomic mass is 9.99. The maximum atomic E-state index is 13.3. The van der Waals surface area contributed by atoms with E-state index >= 15 is 0 Å². The summed E-state index contributed by atoms with van der Waals surface area (Å²) in [5.74, 6) is 1.14. The van der Waals surface area contributed by atoms with Crippen LogP contribution in [0, 0.1) is 0 Å². The van der Waals surface area contributed by atoms with E-state index in [-0.39, 0.29) is 54.1 Å². The monoisotopic (exact) mass is 838 g/mol. The number of ether oxygens (including phenoxy) is 6. The lowest BCUT2D eigenvalue weighted by molar-refractivity contribution is -0.933. The molecule has 1 saturated heterocycles. The fourth-order valence-corrected chi connectivity index (χ4v) is 6.90. The molecule has 0 radical (unpaired) electrons. The van der Waals surface area contributed by atoms with Crippen LogP contribution in [0.5, 0.6) is 11.5 Å². The molecule has 17 heteroatoms. The Morgan fingerprint density at radius 2 is 1.19 bits per heavy atom. The fraction of sp³-hybridized carbons (Fsp3) is 0.575. The molecule has 0 bridgehead atoms. The fourth-order valence-electron chi connectivity index (χ4n) is 6.77. The van der Waals surface area contributed by atoms with Gasteiger partial charge in [-0.2, -0.15) is 0 Å². The number of piperidine rings is 1. The van der Waals surface area contributed by atoms with Gasteiger partial charge >= 0.3 is 0 Å². The average molecular weight is 840 g/mol. The second-order valence-electron chi connectivity index (χ2n) is 13.7. The number of carbonyl (C=O) groups excluding carboxylic acids is 1. The number of nitrogens with two attached hydrogens (primary N) is 2. The molecular formula is C40H60Cl2N6O9. The van der Waals surface area contributed by atoms with Crippen LogP contribution in [-0.2, 0) is 31.8 Å². The second kappa shape index (κ2) is 27.2. The number of nitrogen functional groups attached to an aromatic ring is 2. The first kappa shape index (κ1) is 47.9. The molecule has 57 heavy (non-hydrogen) atoms. The molecule has 2 aromatic carbocycles. The third kappa shape index (κ3) is 17.9. The maximum absolute atomic E-state index is 13.3. The summed E-state index contributed by atoms with van der Waals surface area (Å²) in [6.07, 6.45) is 5.67. The largest absolute Gasteiger partial charge is 1.00 e. The summed E-state index contributed by atoms with van der Waals surface area (Å²) in [4.78, 5) is 21.4. The first-order valence-corrected chi connectivity index (χ1v) is 19.9. The number of likely N-dealkylation sites (tertiary alicyclic amines) is 1. The molecule has 15 nitrogen and oxygen atoms in total. The van der Waals surface area contributed by atoms with Crippen LogP contribution in [0.3, 0.4) is 0 Å². The highest BCUT2D eigenvalue weighted by Crippen LogP contribution is 2.25. The average Bonchev–Trinajstić information content (AvgIpc) is 3.19. The summed E-state index contributed by atoms with van der Waals surface area (Å²) in [7, 11) is 0. The van der Waals surface area contributed by atoms with E-state index < -0.39 is 5.91 Å². The van der Waals surface area contributed by atoms with Crippen LogP contribution in [0.1, 0.15) is 47.3 Å². The maximum Gasteiger partial charge on any atom is 0.274 e. The van der Waals surface area contributed by atoms with Crippen molar-refractivity contribution in [2.45, 2.75) is 44.6 Å². The van der Waals surface area contributed by atoms with Gasteiger partial charge in [-0.25, -0.2) is 9.97 Å². The van der Waals surface area contributed by atoms with E-state index in [1.165, 1.54) is 11.1 Å². The molecule has 3 aromatic rings. The summed E-state index contributed by atoms with van der Waals surface area (Å²) in [5, 5.41) is 20.6. The molecule has 0 saturated carbocycles. The first-order valence-electron chi connectivity index (χ1n) is 19.5. The minimum Gasteiger partial charge on any atom is -1.00 e. The number of aliphatic hydroxyl groups excluding tert-OH is 2. The molecule has 1 atom stereocenters. The Kier molecular flexibility index (Phi) is 22.9. The number of benzene rings is 2. The van der Waals surface area contributed by atoms with Crippen LogP contribution >= 0.6 is 11.6 Å². The van der Waals surface area contributed by atoms with E-state index in [0.717, 1.165) is 80.7 Å². The molecule has 4 rings (SSSR count). The van der Waals surface area contributed by atoms with Crippen molar-refractivity contribution in [3.05, 3.63) is 70.5 Å². The number of aromatic nitrogens is 2. The number of aliphatic hydroxyl groups is 2. The molecule has 2 heterocycles. The minimum absolute atomic E-state index is 0. The van der Waals surface area contributed by atoms with Gasteiger partial charge < -0.3 is 72.3 Å². The van der Waals surface area contributed by atoms with Crippen LogP contribution in [0.2, 0.25) is 5.15 Å². The third-order valence-corrected chi connectivity index (χ3v) is 9.78. The van der Waals surface area contributed by atoms with E-state index in [4.69, 9.17) is 61.7 Å². The van der Waals surface area contributed by atoms with Gasteiger partial charge in [0, 0.05) is 12.8 Å². The highest BCUT2D eigenvalue weighted by Gasteiger charge is 2.35. The summed E-state index contributed by atoms with van der Waals surface area (Å²) in [6, 6.07) is 16.4. The van der Waals surface area contributed by atoms with E-state index in [0.29, 0.717) is 66.1 Å². The van der Waals surface area contributed by atoms with Crippen molar-refractivity contribution in [3.8, 4) is 11.5 Å². The van der Waals surface area contributed by atoms with Gasteiger partial charge in [0.15, 0.2) is 22.5 Å². The zero-order valence-electron chi connectivity index (χ0n) is 32.8. The number of halogens is 2. The number of quaternary nitrogens is 1. The quantitative estimate of drug-likeness (QED) is 0.0487. The molecule has 1 aliphatic heterocycles. The molecular weight excluding hydrogens is 779 g/mol. The Balaban J connectivity index is 0.00000870. The normalized spacial score (nSPS) is 14.8. The molecule has 0 spiro atoms. The number of aryl methyl sites for hydroxylation is 2. The Hall–Kier alpha value is -3.51. The number of anilines is 2. The van der Waals surface area contributed by atoms with Crippen molar-refractivity contribution in [3.63, 3.8) is 0 Å². The van der Waals surface area contributed by atoms with E-state index in [2.05, 4.69) is 39.6 Å². The van der Waals surface area contributed by atoms with Crippen molar-refractivity contribution < 1.29 is 60.3 Å². The van der Waals surface area contributed by atoms with Crippen molar-refractivity contribution in [2.75, 3.05) is 117 Å². The number of rotatable bonds is 28. The number of amides is 1. The van der Waals surface area contributed by atoms with Gasteiger partial charge in [-0.3, -0.25) is 4.79 Å². The molecule has 1 aromatic heterocycles. The lowest BCUT2D eigenvalue weighted by Gasteiger charge is -2.45. The van der Waals surface area contributed by atoms with Crippen LogP contribution in [0.25, 0.3) is 0 Å². The zero-order valence-corrected chi connectivity index (χ0v) is 34.3. The summed E-state index contributed by atoms with van der Waals surface area (Å²) in [5.41, 5.74) is 14.2.